The molecule has 0 N–H and O–H groups in total. The number of aryl methyl sites for hydroxylation is 1. The highest BCUT2D eigenvalue weighted by molar-refractivity contribution is 5.86. The van der Waals surface area contributed by atoms with Gasteiger partial charge < -0.3 is 9.47 Å². The van der Waals surface area contributed by atoms with Crippen molar-refractivity contribution in [2.24, 2.45) is 5.92 Å². The van der Waals surface area contributed by atoms with Gasteiger partial charge in [0.2, 0.25) is 0 Å². The van der Waals surface area contributed by atoms with E-state index < -0.39 is 0 Å². The van der Waals surface area contributed by atoms with Crippen LogP contribution in [-0.2, 0) is 27.2 Å². The summed E-state index contributed by atoms with van der Waals surface area (Å²) in [6.45, 7) is 9.37. The van der Waals surface area contributed by atoms with Crippen LogP contribution in [0.2, 0.25) is 0 Å². The van der Waals surface area contributed by atoms with Crippen LogP contribution in [0.5, 0.6) is 0 Å². The number of ether oxygens (including phenoxy) is 2. The van der Waals surface area contributed by atoms with E-state index in [0.29, 0.717) is 12.0 Å². The predicted molar refractivity (Wildman–Crippen MR) is 130 cm³/mol. The van der Waals surface area contributed by atoms with Gasteiger partial charge in [0.1, 0.15) is 0 Å². The zero-order valence-corrected chi connectivity index (χ0v) is 20.3. The van der Waals surface area contributed by atoms with Gasteiger partial charge in [-0.05, 0) is 81.2 Å². The molecule has 0 aliphatic carbocycles. The second-order valence-electron chi connectivity index (χ2n) is 9.35. The molecule has 0 saturated carbocycles. The summed E-state index contributed by atoms with van der Waals surface area (Å²) < 4.78 is 12.4. The molecule has 0 spiro atoms. The minimum Gasteiger partial charge on any atom is -0.466 e. The lowest BCUT2D eigenvalue weighted by Gasteiger charge is -2.25. The second-order valence-corrected chi connectivity index (χ2v) is 9.35. The van der Waals surface area contributed by atoms with Gasteiger partial charge >= 0.3 is 5.97 Å². The number of benzene rings is 1. The molecular formula is C27H37N3O3. The molecule has 6 nitrogen and oxygen atoms in total. The van der Waals surface area contributed by atoms with E-state index in [9.17, 15) is 4.79 Å². The zero-order valence-electron chi connectivity index (χ0n) is 20.3. The van der Waals surface area contributed by atoms with Gasteiger partial charge in [-0.1, -0.05) is 24.3 Å². The number of carbonyl (C=O) groups excluding carboxylic acids is 1. The van der Waals surface area contributed by atoms with Crippen LogP contribution < -0.4 is 0 Å². The van der Waals surface area contributed by atoms with Gasteiger partial charge in [0, 0.05) is 44.1 Å². The summed E-state index contributed by atoms with van der Waals surface area (Å²) in [4.78, 5) is 13.9. The quantitative estimate of drug-likeness (QED) is 0.437. The Balaban J connectivity index is 1.37. The number of aromatic nitrogens is 2. The number of likely N-dealkylation sites (tertiary alicyclic amines) is 1. The van der Waals surface area contributed by atoms with Crippen LogP contribution in [0.1, 0.15) is 59.8 Å². The number of rotatable bonds is 8. The van der Waals surface area contributed by atoms with E-state index in [0.717, 1.165) is 57.7 Å². The second kappa shape index (κ2) is 11.1. The highest BCUT2D eigenvalue weighted by atomic mass is 16.5. The average molecular weight is 452 g/mol. The maximum Gasteiger partial charge on any atom is 0.330 e. The van der Waals surface area contributed by atoms with Crippen molar-refractivity contribution < 1.29 is 14.3 Å². The van der Waals surface area contributed by atoms with Gasteiger partial charge in [-0.25, -0.2) is 4.79 Å². The predicted octanol–water partition coefficient (Wildman–Crippen LogP) is 4.49. The molecule has 0 radical (unpaired) electrons. The van der Waals surface area contributed by atoms with Crippen molar-refractivity contribution in [3.63, 3.8) is 0 Å². The molecule has 6 heteroatoms. The minimum atomic E-state index is -0.331. The fraction of sp³-hybridized carbons (Fsp3) is 0.556. The van der Waals surface area contributed by atoms with Gasteiger partial charge in [-0.15, -0.1) is 0 Å². The van der Waals surface area contributed by atoms with Gasteiger partial charge in [0.25, 0.3) is 0 Å². The van der Waals surface area contributed by atoms with Crippen molar-refractivity contribution >= 4 is 12.0 Å². The van der Waals surface area contributed by atoms with Gasteiger partial charge in [-0.2, -0.15) is 5.10 Å². The third kappa shape index (κ3) is 5.92. The molecule has 2 aliphatic heterocycles. The number of hydrogen-bond acceptors (Lipinski definition) is 5. The maximum atomic E-state index is 11.3. The Bertz CT molecular complexity index is 958. The van der Waals surface area contributed by atoms with Crippen LogP contribution in [0.15, 0.2) is 30.3 Å². The molecule has 4 rings (SSSR count). The molecule has 33 heavy (non-hydrogen) atoms. The van der Waals surface area contributed by atoms with Crippen LogP contribution >= 0.6 is 0 Å². The number of methoxy groups -OCH3 is 1. The average Bonchev–Trinajstić information content (AvgIpc) is 3.41. The maximum absolute atomic E-state index is 11.3. The molecule has 3 heterocycles. The summed E-state index contributed by atoms with van der Waals surface area (Å²) in [6, 6.07) is 9.02. The van der Waals surface area contributed by atoms with Crippen molar-refractivity contribution in [1.29, 1.82) is 0 Å². The summed E-state index contributed by atoms with van der Waals surface area (Å²) in [6.07, 6.45) is 9.01. The molecule has 1 aromatic heterocycles. The fourth-order valence-corrected chi connectivity index (χ4v) is 5.24. The van der Waals surface area contributed by atoms with Gasteiger partial charge in [0.15, 0.2) is 0 Å². The molecule has 0 bridgehead atoms. The summed E-state index contributed by atoms with van der Waals surface area (Å²) in [5, 5.41) is 4.89. The van der Waals surface area contributed by atoms with Gasteiger partial charge in [-0.3, -0.25) is 9.58 Å². The number of carbonyl (C=O) groups is 1. The highest BCUT2D eigenvalue weighted by Gasteiger charge is 2.26. The first-order valence-electron chi connectivity index (χ1n) is 12.3. The van der Waals surface area contributed by atoms with Crippen molar-refractivity contribution in [2.75, 3.05) is 33.4 Å². The summed E-state index contributed by atoms with van der Waals surface area (Å²) in [7, 11) is 1.39. The number of hydrogen-bond donors (Lipinski definition) is 0. The summed E-state index contributed by atoms with van der Waals surface area (Å²) in [5.74, 6) is 0.348. The SMILES string of the molecule is COC(=O)C=Cc1ccc([C@@H]2CCCN2CCc2c(C)nn(CC3CCOCC3)c2C)cc1. The van der Waals surface area contributed by atoms with Crippen LogP contribution in [0.25, 0.3) is 6.08 Å². The Morgan fingerprint density at radius 1 is 1.18 bits per heavy atom. The molecular weight excluding hydrogens is 414 g/mol. The Kier molecular flexibility index (Phi) is 7.99. The van der Waals surface area contributed by atoms with Crippen LogP contribution in [0.4, 0.5) is 0 Å². The normalized spacial score (nSPS) is 20.0. The minimum absolute atomic E-state index is 0.331. The Labute approximate surface area is 197 Å². The van der Waals surface area contributed by atoms with E-state index in [1.807, 2.05) is 0 Å². The Morgan fingerprint density at radius 2 is 1.94 bits per heavy atom. The van der Waals surface area contributed by atoms with E-state index in [-0.39, 0.29) is 5.97 Å². The molecule has 1 aromatic carbocycles. The van der Waals surface area contributed by atoms with E-state index in [2.05, 4.69) is 52.4 Å². The molecule has 178 valence electrons. The lowest BCUT2D eigenvalue weighted by Crippen LogP contribution is -2.26. The van der Waals surface area contributed by atoms with E-state index in [1.54, 1.807) is 6.08 Å². The van der Waals surface area contributed by atoms with Crippen molar-refractivity contribution in [1.82, 2.24) is 14.7 Å². The standard InChI is InChI=1S/C27H37N3O3/c1-20-25(21(2)30(28-20)19-23-13-17-33-18-14-23)12-16-29-15-4-5-26(29)24-9-6-22(7-10-24)8-11-27(31)32-3/h6-11,23,26H,4-5,12-19H2,1-3H3/t26-/m0/s1. The fourth-order valence-electron chi connectivity index (χ4n) is 5.24. The summed E-state index contributed by atoms with van der Waals surface area (Å²) >= 11 is 0. The molecule has 0 amide bonds. The first kappa shape index (κ1) is 23.7. The zero-order chi connectivity index (χ0) is 23.2. The number of esters is 1. The van der Waals surface area contributed by atoms with E-state index in [4.69, 9.17) is 9.84 Å². The number of nitrogens with zero attached hydrogens (tertiary/aromatic N) is 3. The lowest BCUT2D eigenvalue weighted by atomic mass is 10.0. The molecule has 2 fully saturated rings. The Morgan fingerprint density at radius 3 is 2.67 bits per heavy atom. The largest absolute Gasteiger partial charge is 0.466 e. The van der Waals surface area contributed by atoms with Crippen LogP contribution in [0, 0.1) is 19.8 Å². The topological polar surface area (TPSA) is 56.6 Å². The van der Waals surface area contributed by atoms with Crippen molar-refractivity contribution in [3.05, 3.63) is 58.4 Å². The van der Waals surface area contributed by atoms with Gasteiger partial charge in [0.05, 0.1) is 12.8 Å². The van der Waals surface area contributed by atoms with Crippen molar-refractivity contribution in [3.8, 4) is 0 Å². The third-order valence-electron chi connectivity index (χ3n) is 7.25. The molecule has 2 aliphatic rings. The lowest BCUT2D eigenvalue weighted by molar-refractivity contribution is -0.134. The van der Waals surface area contributed by atoms with Crippen LogP contribution in [0.3, 0.4) is 0 Å². The Hall–Kier alpha value is -2.44. The molecule has 1 atom stereocenters. The molecule has 2 saturated heterocycles. The highest BCUT2D eigenvalue weighted by Crippen LogP contribution is 2.32. The summed E-state index contributed by atoms with van der Waals surface area (Å²) in [5.41, 5.74) is 6.29. The molecule has 2 aromatic rings. The first-order valence-corrected chi connectivity index (χ1v) is 12.3. The van der Waals surface area contributed by atoms with Crippen molar-refractivity contribution in [2.45, 2.75) is 58.5 Å². The van der Waals surface area contributed by atoms with Crippen LogP contribution in [-0.4, -0.2) is 54.1 Å². The smallest absolute Gasteiger partial charge is 0.330 e. The first-order chi connectivity index (χ1) is 16.0. The third-order valence-corrected chi connectivity index (χ3v) is 7.25. The molecule has 0 unspecified atom stereocenters. The monoisotopic (exact) mass is 451 g/mol. The van der Waals surface area contributed by atoms with E-state index in [1.165, 1.54) is 48.5 Å². The van der Waals surface area contributed by atoms with E-state index >= 15 is 0 Å².